The topological polar surface area (TPSA) is 35.5 Å². The van der Waals surface area contributed by atoms with Crippen LogP contribution in [0.15, 0.2) is 48.5 Å². The zero-order valence-corrected chi connectivity index (χ0v) is 12.0. The van der Waals surface area contributed by atoms with Gasteiger partial charge in [0.1, 0.15) is 24.1 Å². The van der Waals surface area contributed by atoms with Crippen LogP contribution in [-0.4, -0.2) is 19.7 Å². The summed E-state index contributed by atoms with van der Waals surface area (Å²) in [6.45, 7) is 2.02. The van der Waals surface area contributed by atoms with Crippen LogP contribution in [0, 0.1) is 12.7 Å². The van der Waals surface area contributed by atoms with Crippen molar-refractivity contribution in [3.05, 3.63) is 65.5 Å². The fourth-order valence-electron chi connectivity index (χ4n) is 2.14. The van der Waals surface area contributed by atoms with Gasteiger partial charge in [0.05, 0.1) is 7.11 Å². The molecule has 0 radical (unpaired) electrons. The summed E-state index contributed by atoms with van der Waals surface area (Å²) < 4.78 is 23.5. The highest BCUT2D eigenvalue weighted by molar-refractivity contribution is 5.78. The molecule has 0 aliphatic heterocycles. The summed E-state index contributed by atoms with van der Waals surface area (Å²) in [7, 11) is 1.34. The molecule has 0 fully saturated rings. The average Bonchev–Trinajstić information content (AvgIpc) is 2.49. The standard InChI is InChI=1S/C17H17FO3/c1-12-6-3-4-9-15(12)16(17(19)20-2)11-21-14-8-5-7-13(18)10-14/h3-10,16H,11H2,1-2H3. The molecule has 21 heavy (non-hydrogen) atoms. The van der Waals surface area contributed by atoms with E-state index in [-0.39, 0.29) is 18.4 Å². The molecular formula is C17H17FO3. The summed E-state index contributed by atoms with van der Waals surface area (Å²) in [5.74, 6) is -0.907. The van der Waals surface area contributed by atoms with Crippen molar-refractivity contribution in [2.75, 3.05) is 13.7 Å². The van der Waals surface area contributed by atoms with E-state index in [2.05, 4.69) is 0 Å². The van der Waals surface area contributed by atoms with Crippen molar-refractivity contribution < 1.29 is 18.7 Å². The third kappa shape index (κ3) is 3.81. The van der Waals surface area contributed by atoms with Gasteiger partial charge in [-0.25, -0.2) is 4.39 Å². The number of carbonyl (C=O) groups excluding carboxylic acids is 1. The average molecular weight is 288 g/mol. The first-order valence-electron chi connectivity index (χ1n) is 6.63. The van der Waals surface area contributed by atoms with Gasteiger partial charge in [-0.05, 0) is 30.2 Å². The van der Waals surface area contributed by atoms with Gasteiger partial charge in [-0.15, -0.1) is 0 Å². The van der Waals surface area contributed by atoms with Crippen LogP contribution in [0.4, 0.5) is 4.39 Å². The molecule has 0 aliphatic carbocycles. The monoisotopic (exact) mass is 288 g/mol. The summed E-state index contributed by atoms with van der Waals surface area (Å²) in [5, 5.41) is 0. The molecule has 1 atom stereocenters. The largest absolute Gasteiger partial charge is 0.492 e. The number of ether oxygens (including phenoxy) is 2. The molecule has 0 N–H and O–H groups in total. The Morgan fingerprint density at radius 2 is 1.95 bits per heavy atom. The molecule has 3 nitrogen and oxygen atoms in total. The molecule has 110 valence electrons. The lowest BCUT2D eigenvalue weighted by Crippen LogP contribution is -2.22. The SMILES string of the molecule is COC(=O)C(COc1cccc(F)c1)c1ccccc1C. The predicted molar refractivity (Wildman–Crippen MR) is 77.8 cm³/mol. The minimum atomic E-state index is -0.542. The van der Waals surface area contributed by atoms with E-state index in [1.165, 1.54) is 19.2 Å². The Kier molecular flexibility index (Phi) is 4.93. The second-order valence-electron chi connectivity index (χ2n) is 4.70. The van der Waals surface area contributed by atoms with Crippen LogP contribution >= 0.6 is 0 Å². The minimum absolute atomic E-state index is 0.0982. The molecule has 0 heterocycles. The lowest BCUT2D eigenvalue weighted by molar-refractivity contribution is -0.143. The highest BCUT2D eigenvalue weighted by atomic mass is 19.1. The number of carbonyl (C=O) groups is 1. The number of rotatable bonds is 5. The molecule has 0 bridgehead atoms. The first-order valence-corrected chi connectivity index (χ1v) is 6.63. The van der Waals surface area contributed by atoms with Gasteiger partial charge < -0.3 is 9.47 Å². The highest BCUT2D eigenvalue weighted by Crippen LogP contribution is 2.23. The van der Waals surface area contributed by atoms with Gasteiger partial charge >= 0.3 is 5.97 Å². The van der Waals surface area contributed by atoms with Crippen molar-refractivity contribution in [2.24, 2.45) is 0 Å². The van der Waals surface area contributed by atoms with Crippen LogP contribution < -0.4 is 4.74 Å². The number of hydrogen-bond donors (Lipinski definition) is 0. The predicted octanol–water partition coefficient (Wildman–Crippen LogP) is 3.47. The van der Waals surface area contributed by atoms with Crippen molar-refractivity contribution in [2.45, 2.75) is 12.8 Å². The lowest BCUT2D eigenvalue weighted by Gasteiger charge is -2.18. The van der Waals surface area contributed by atoms with Gasteiger partial charge in [0.15, 0.2) is 0 Å². The Hall–Kier alpha value is -2.36. The number of methoxy groups -OCH3 is 1. The molecule has 2 aromatic carbocycles. The molecule has 0 amide bonds. The molecule has 0 saturated heterocycles. The van der Waals surface area contributed by atoms with Crippen LogP contribution in [0.3, 0.4) is 0 Å². The molecule has 1 unspecified atom stereocenters. The van der Waals surface area contributed by atoms with Gasteiger partial charge in [0.2, 0.25) is 0 Å². The number of hydrogen-bond acceptors (Lipinski definition) is 3. The van der Waals surface area contributed by atoms with Crippen LogP contribution in [0.2, 0.25) is 0 Å². The van der Waals surface area contributed by atoms with Gasteiger partial charge in [0.25, 0.3) is 0 Å². The van der Waals surface area contributed by atoms with Gasteiger partial charge in [0, 0.05) is 6.07 Å². The van der Waals surface area contributed by atoms with E-state index in [1.54, 1.807) is 12.1 Å². The molecule has 2 aromatic rings. The zero-order chi connectivity index (χ0) is 15.2. The summed E-state index contributed by atoms with van der Waals surface area (Å²) in [6.07, 6.45) is 0. The summed E-state index contributed by atoms with van der Waals surface area (Å²) in [6, 6.07) is 13.4. The van der Waals surface area contributed by atoms with E-state index in [9.17, 15) is 9.18 Å². The van der Waals surface area contributed by atoms with E-state index in [0.717, 1.165) is 11.1 Å². The van der Waals surface area contributed by atoms with E-state index in [4.69, 9.17) is 9.47 Å². The third-order valence-corrected chi connectivity index (χ3v) is 3.26. The molecule has 0 aliphatic rings. The number of halogens is 1. The Morgan fingerprint density at radius 3 is 2.62 bits per heavy atom. The van der Waals surface area contributed by atoms with Crippen LogP contribution in [-0.2, 0) is 9.53 Å². The first kappa shape index (κ1) is 15.0. The summed E-state index contributed by atoms with van der Waals surface area (Å²) in [5.41, 5.74) is 1.83. The maximum absolute atomic E-state index is 13.1. The molecule has 2 rings (SSSR count). The molecule has 0 aromatic heterocycles. The van der Waals surface area contributed by atoms with Gasteiger partial charge in [-0.3, -0.25) is 4.79 Å². The van der Waals surface area contributed by atoms with Crippen molar-refractivity contribution in [3.63, 3.8) is 0 Å². The molecular weight excluding hydrogens is 271 g/mol. The molecule has 0 saturated carbocycles. The van der Waals surface area contributed by atoms with Crippen molar-refractivity contribution in [1.29, 1.82) is 0 Å². The molecule has 4 heteroatoms. The Bertz CT molecular complexity index is 625. The van der Waals surface area contributed by atoms with E-state index in [0.29, 0.717) is 5.75 Å². The van der Waals surface area contributed by atoms with Crippen LogP contribution in [0.5, 0.6) is 5.75 Å². The second-order valence-corrected chi connectivity index (χ2v) is 4.70. The van der Waals surface area contributed by atoms with E-state index >= 15 is 0 Å². The quantitative estimate of drug-likeness (QED) is 0.790. The summed E-state index contributed by atoms with van der Waals surface area (Å²) in [4.78, 5) is 12.0. The van der Waals surface area contributed by atoms with Crippen molar-refractivity contribution in [3.8, 4) is 5.75 Å². The number of aryl methyl sites for hydroxylation is 1. The summed E-state index contributed by atoms with van der Waals surface area (Å²) >= 11 is 0. The van der Waals surface area contributed by atoms with Crippen molar-refractivity contribution >= 4 is 5.97 Å². The normalized spacial score (nSPS) is 11.8. The number of esters is 1. The zero-order valence-electron chi connectivity index (χ0n) is 12.0. The fourth-order valence-corrected chi connectivity index (χ4v) is 2.14. The van der Waals surface area contributed by atoms with Crippen molar-refractivity contribution in [1.82, 2.24) is 0 Å². The third-order valence-electron chi connectivity index (χ3n) is 3.26. The van der Waals surface area contributed by atoms with E-state index < -0.39 is 5.92 Å². The van der Waals surface area contributed by atoms with Gasteiger partial charge in [-0.2, -0.15) is 0 Å². The first-order chi connectivity index (χ1) is 10.1. The lowest BCUT2D eigenvalue weighted by atomic mass is 9.95. The van der Waals surface area contributed by atoms with Gasteiger partial charge in [-0.1, -0.05) is 30.3 Å². The minimum Gasteiger partial charge on any atom is -0.492 e. The van der Waals surface area contributed by atoms with Crippen LogP contribution in [0.25, 0.3) is 0 Å². The fraction of sp³-hybridized carbons (Fsp3) is 0.235. The highest BCUT2D eigenvalue weighted by Gasteiger charge is 2.23. The second kappa shape index (κ2) is 6.88. The maximum atomic E-state index is 13.1. The maximum Gasteiger partial charge on any atom is 0.316 e. The van der Waals surface area contributed by atoms with E-state index in [1.807, 2.05) is 31.2 Å². The molecule has 0 spiro atoms. The Morgan fingerprint density at radius 1 is 1.19 bits per heavy atom. The Balaban J connectivity index is 2.18. The smallest absolute Gasteiger partial charge is 0.316 e. The number of benzene rings is 2. The Labute approximate surface area is 123 Å². The van der Waals surface area contributed by atoms with Crippen LogP contribution in [0.1, 0.15) is 17.0 Å².